The number of carboxylic acids is 1. The van der Waals surface area contributed by atoms with Crippen LogP contribution < -0.4 is 5.32 Å². The predicted octanol–water partition coefficient (Wildman–Crippen LogP) is 2.58. The average molecular weight is 353 g/mol. The van der Waals surface area contributed by atoms with Crippen LogP contribution in [-0.2, 0) is 0 Å². The van der Waals surface area contributed by atoms with Crippen molar-refractivity contribution in [3.8, 4) is 0 Å². The number of amides is 2. The van der Waals surface area contributed by atoms with Gasteiger partial charge in [0.05, 0.1) is 0 Å². The Kier molecular flexibility index (Phi) is 4.97. The maximum absolute atomic E-state index is 12.6. The molecule has 1 aromatic carbocycles. The topological polar surface area (TPSA) is 99.6 Å². The SMILES string of the molecule is Cc1c(NC(=O)c2ccnc(C(=O)O)c2)cccc1C(=O)N1CCCC1. The number of aromatic nitrogens is 1. The van der Waals surface area contributed by atoms with E-state index in [9.17, 15) is 14.4 Å². The molecular weight excluding hydrogens is 334 g/mol. The van der Waals surface area contributed by atoms with Gasteiger partial charge in [-0.3, -0.25) is 9.59 Å². The van der Waals surface area contributed by atoms with Crippen LogP contribution in [0.25, 0.3) is 0 Å². The van der Waals surface area contributed by atoms with E-state index >= 15 is 0 Å². The van der Waals surface area contributed by atoms with Crippen LogP contribution in [0.15, 0.2) is 36.5 Å². The van der Waals surface area contributed by atoms with Crippen LogP contribution in [0.5, 0.6) is 0 Å². The number of hydrogen-bond acceptors (Lipinski definition) is 4. The summed E-state index contributed by atoms with van der Waals surface area (Å²) in [6.07, 6.45) is 3.29. The van der Waals surface area contributed by atoms with Crippen molar-refractivity contribution in [1.82, 2.24) is 9.88 Å². The van der Waals surface area contributed by atoms with Crippen molar-refractivity contribution in [1.29, 1.82) is 0 Å². The van der Waals surface area contributed by atoms with E-state index in [0.717, 1.165) is 25.9 Å². The van der Waals surface area contributed by atoms with Crippen molar-refractivity contribution in [2.24, 2.45) is 0 Å². The summed E-state index contributed by atoms with van der Waals surface area (Å²) in [5, 5.41) is 11.7. The van der Waals surface area contributed by atoms with E-state index in [1.54, 1.807) is 25.1 Å². The van der Waals surface area contributed by atoms with Gasteiger partial charge in [-0.2, -0.15) is 0 Å². The first-order chi connectivity index (χ1) is 12.5. The summed E-state index contributed by atoms with van der Waals surface area (Å²) in [4.78, 5) is 41.6. The normalized spacial score (nSPS) is 13.5. The molecule has 0 saturated carbocycles. The van der Waals surface area contributed by atoms with Gasteiger partial charge in [0, 0.05) is 36.1 Å². The zero-order chi connectivity index (χ0) is 18.7. The van der Waals surface area contributed by atoms with Crippen LogP contribution in [0.3, 0.4) is 0 Å². The summed E-state index contributed by atoms with van der Waals surface area (Å²) in [5.41, 5.74) is 1.75. The molecule has 7 heteroatoms. The number of likely N-dealkylation sites (tertiary alicyclic amines) is 1. The van der Waals surface area contributed by atoms with Crippen molar-refractivity contribution in [3.63, 3.8) is 0 Å². The highest BCUT2D eigenvalue weighted by molar-refractivity contribution is 6.06. The molecule has 1 aliphatic rings. The summed E-state index contributed by atoms with van der Waals surface area (Å²) < 4.78 is 0. The minimum Gasteiger partial charge on any atom is -0.477 e. The van der Waals surface area contributed by atoms with Gasteiger partial charge in [-0.15, -0.1) is 0 Å². The van der Waals surface area contributed by atoms with Gasteiger partial charge in [-0.25, -0.2) is 9.78 Å². The van der Waals surface area contributed by atoms with Crippen LogP contribution in [0, 0.1) is 6.92 Å². The van der Waals surface area contributed by atoms with Crippen LogP contribution in [0.2, 0.25) is 0 Å². The lowest BCUT2D eigenvalue weighted by Gasteiger charge is -2.18. The van der Waals surface area contributed by atoms with E-state index in [-0.39, 0.29) is 17.2 Å². The van der Waals surface area contributed by atoms with Crippen molar-refractivity contribution in [2.75, 3.05) is 18.4 Å². The lowest BCUT2D eigenvalue weighted by molar-refractivity contribution is 0.0689. The first-order valence-corrected chi connectivity index (χ1v) is 8.37. The summed E-state index contributed by atoms with van der Waals surface area (Å²) in [5.74, 6) is -1.69. The second kappa shape index (κ2) is 7.35. The number of carboxylic acid groups (broad SMARTS) is 1. The molecule has 0 radical (unpaired) electrons. The molecule has 0 unspecified atom stereocenters. The molecule has 0 atom stereocenters. The summed E-state index contributed by atoms with van der Waals surface area (Å²) in [7, 11) is 0. The Morgan fingerprint density at radius 1 is 1.15 bits per heavy atom. The second-order valence-electron chi connectivity index (χ2n) is 6.17. The fraction of sp³-hybridized carbons (Fsp3) is 0.263. The van der Waals surface area contributed by atoms with Crippen molar-refractivity contribution >= 4 is 23.5 Å². The number of hydrogen-bond donors (Lipinski definition) is 2. The number of nitrogens with one attached hydrogen (secondary N) is 1. The Morgan fingerprint density at radius 2 is 1.88 bits per heavy atom. The van der Waals surface area contributed by atoms with Gasteiger partial charge in [-0.1, -0.05) is 6.07 Å². The minimum atomic E-state index is -1.20. The molecule has 0 bridgehead atoms. The lowest BCUT2D eigenvalue weighted by Crippen LogP contribution is -2.28. The fourth-order valence-electron chi connectivity index (χ4n) is 2.98. The van der Waals surface area contributed by atoms with Gasteiger partial charge < -0.3 is 15.3 Å². The van der Waals surface area contributed by atoms with E-state index in [1.165, 1.54) is 18.3 Å². The van der Waals surface area contributed by atoms with Crippen molar-refractivity contribution < 1.29 is 19.5 Å². The average Bonchev–Trinajstić information content (AvgIpc) is 3.17. The lowest BCUT2D eigenvalue weighted by atomic mass is 10.0. The van der Waals surface area contributed by atoms with Crippen LogP contribution in [0.4, 0.5) is 5.69 Å². The molecule has 2 heterocycles. The maximum Gasteiger partial charge on any atom is 0.354 e. The fourth-order valence-corrected chi connectivity index (χ4v) is 2.98. The largest absolute Gasteiger partial charge is 0.477 e. The highest BCUT2D eigenvalue weighted by Gasteiger charge is 2.22. The van der Waals surface area contributed by atoms with Crippen LogP contribution in [0.1, 0.15) is 49.6 Å². The quantitative estimate of drug-likeness (QED) is 0.880. The van der Waals surface area contributed by atoms with E-state index < -0.39 is 11.9 Å². The van der Waals surface area contributed by atoms with Gasteiger partial charge in [0.2, 0.25) is 0 Å². The number of carbonyl (C=O) groups excluding carboxylic acids is 2. The van der Waals surface area contributed by atoms with Gasteiger partial charge in [0.15, 0.2) is 0 Å². The monoisotopic (exact) mass is 353 g/mol. The number of nitrogens with zero attached hydrogens (tertiary/aromatic N) is 2. The number of pyridine rings is 1. The van der Waals surface area contributed by atoms with E-state index in [4.69, 9.17) is 5.11 Å². The zero-order valence-corrected chi connectivity index (χ0v) is 14.4. The molecule has 3 rings (SSSR count). The van der Waals surface area contributed by atoms with Gasteiger partial charge >= 0.3 is 5.97 Å². The second-order valence-corrected chi connectivity index (χ2v) is 6.17. The highest BCUT2D eigenvalue weighted by atomic mass is 16.4. The minimum absolute atomic E-state index is 0.0341. The summed E-state index contributed by atoms with van der Waals surface area (Å²) >= 11 is 0. The third kappa shape index (κ3) is 3.56. The van der Waals surface area contributed by atoms with E-state index in [0.29, 0.717) is 16.8 Å². The van der Waals surface area contributed by atoms with Crippen LogP contribution >= 0.6 is 0 Å². The van der Waals surface area contributed by atoms with Crippen LogP contribution in [-0.4, -0.2) is 45.9 Å². The molecule has 1 saturated heterocycles. The molecule has 0 spiro atoms. The third-order valence-corrected chi connectivity index (χ3v) is 4.45. The molecule has 1 aliphatic heterocycles. The van der Waals surface area contributed by atoms with E-state index in [2.05, 4.69) is 10.3 Å². The van der Waals surface area contributed by atoms with Gasteiger partial charge in [0.1, 0.15) is 5.69 Å². The predicted molar refractivity (Wildman–Crippen MR) is 95.5 cm³/mol. The molecule has 1 aromatic heterocycles. The molecule has 7 nitrogen and oxygen atoms in total. The first-order valence-electron chi connectivity index (χ1n) is 8.37. The highest BCUT2D eigenvalue weighted by Crippen LogP contribution is 2.23. The Morgan fingerprint density at radius 3 is 2.58 bits per heavy atom. The third-order valence-electron chi connectivity index (χ3n) is 4.45. The molecule has 0 aliphatic carbocycles. The first kappa shape index (κ1) is 17.6. The van der Waals surface area contributed by atoms with E-state index in [1.807, 2.05) is 4.90 Å². The zero-order valence-electron chi connectivity index (χ0n) is 14.4. The Balaban J connectivity index is 1.83. The molecule has 2 N–H and O–H groups in total. The number of benzene rings is 1. The number of anilines is 1. The molecular formula is C19H19N3O4. The standard InChI is InChI=1S/C19H19N3O4/c1-12-14(18(24)22-9-2-3-10-22)5-4-6-15(12)21-17(23)13-7-8-20-16(11-13)19(25)26/h4-8,11H,2-3,9-10H2,1H3,(H,21,23)(H,25,26). The molecule has 2 aromatic rings. The molecule has 2 amide bonds. The van der Waals surface area contributed by atoms with Crippen molar-refractivity contribution in [2.45, 2.75) is 19.8 Å². The Labute approximate surface area is 150 Å². The number of aromatic carboxylic acids is 1. The number of rotatable bonds is 4. The van der Waals surface area contributed by atoms with Gasteiger partial charge in [0.25, 0.3) is 11.8 Å². The van der Waals surface area contributed by atoms with Gasteiger partial charge in [-0.05, 0) is 49.6 Å². The molecule has 134 valence electrons. The van der Waals surface area contributed by atoms with Crippen molar-refractivity contribution in [3.05, 3.63) is 58.9 Å². The Bertz CT molecular complexity index is 873. The number of carbonyl (C=O) groups is 3. The summed E-state index contributed by atoms with van der Waals surface area (Å²) in [6.45, 7) is 3.29. The summed E-state index contributed by atoms with van der Waals surface area (Å²) in [6, 6.07) is 7.84. The molecule has 1 fully saturated rings. The molecule has 26 heavy (non-hydrogen) atoms. The maximum atomic E-state index is 12.6. The smallest absolute Gasteiger partial charge is 0.354 e. The Hall–Kier alpha value is -3.22.